The predicted octanol–water partition coefficient (Wildman–Crippen LogP) is 3.67. The number of ether oxygens (including phenoxy) is 1. The van der Waals surface area contributed by atoms with Crippen molar-refractivity contribution in [1.82, 2.24) is 9.80 Å². The molecule has 0 saturated carbocycles. The number of rotatable bonds is 1. The molecule has 2 amide bonds. The molecular formula is C20H29N3O3. The Morgan fingerprint density at radius 2 is 1.73 bits per heavy atom. The molecule has 1 aliphatic heterocycles. The molecule has 0 aliphatic carbocycles. The summed E-state index contributed by atoms with van der Waals surface area (Å²) >= 11 is 0. The zero-order chi connectivity index (χ0) is 19.9. The Bertz CT molecular complexity index is 656. The highest BCUT2D eigenvalue weighted by Gasteiger charge is 2.32. The van der Waals surface area contributed by atoms with E-state index in [1.165, 1.54) is 0 Å². The third kappa shape index (κ3) is 5.76. The fourth-order valence-corrected chi connectivity index (χ4v) is 2.60. The van der Waals surface area contributed by atoms with Gasteiger partial charge in [0.15, 0.2) is 0 Å². The lowest BCUT2D eigenvalue weighted by molar-refractivity contribution is 0.00198. The number of amides is 2. The number of nitriles is 1. The van der Waals surface area contributed by atoms with E-state index in [4.69, 9.17) is 10.00 Å². The number of piperazine rings is 1. The van der Waals surface area contributed by atoms with Crippen molar-refractivity contribution >= 4 is 12.0 Å². The topological polar surface area (TPSA) is 73.6 Å². The monoisotopic (exact) mass is 359 g/mol. The Labute approximate surface area is 156 Å². The summed E-state index contributed by atoms with van der Waals surface area (Å²) in [6.45, 7) is 12.8. The van der Waals surface area contributed by atoms with Crippen LogP contribution in [0, 0.1) is 11.3 Å². The second-order valence-electron chi connectivity index (χ2n) is 6.96. The Morgan fingerprint density at radius 3 is 2.19 bits per heavy atom. The van der Waals surface area contributed by atoms with Crippen LogP contribution < -0.4 is 0 Å². The molecule has 1 atom stereocenters. The number of hydrogen-bond acceptors (Lipinski definition) is 4. The summed E-state index contributed by atoms with van der Waals surface area (Å²) in [6, 6.07) is 8.50. The maximum Gasteiger partial charge on any atom is 0.410 e. The van der Waals surface area contributed by atoms with Crippen LogP contribution in [-0.2, 0) is 4.74 Å². The molecular weight excluding hydrogens is 330 g/mol. The van der Waals surface area contributed by atoms with E-state index in [-0.39, 0.29) is 18.0 Å². The standard InChI is InChI=1S/C18H23N3O3.C2H6/c1-13-12-20(9-10-21(13)17(23)24-18(2,3)4)16(22)15-7-5-14(11-19)6-8-15;1-2/h5-8,13H,9-10,12H2,1-4H3;1-2H3. The molecule has 142 valence electrons. The lowest BCUT2D eigenvalue weighted by Crippen LogP contribution is -2.56. The van der Waals surface area contributed by atoms with Crippen LogP contribution in [0.1, 0.15) is 57.5 Å². The number of benzene rings is 1. The van der Waals surface area contributed by atoms with Gasteiger partial charge in [-0.2, -0.15) is 5.26 Å². The first-order chi connectivity index (χ1) is 12.2. The molecule has 2 rings (SSSR count). The van der Waals surface area contributed by atoms with Gasteiger partial charge < -0.3 is 14.5 Å². The van der Waals surface area contributed by atoms with Gasteiger partial charge in [-0.3, -0.25) is 4.79 Å². The molecule has 1 aliphatic rings. The molecule has 0 N–H and O–H groups in total. The summed E-state index contributed by atoms with van der Waals surface area (Å²) in [5, 5.41) is 8.82. The van der Waals surface area contributed by atoms with Gasteiger partial charge in [0.05, 0.1) is 11.6 Å². The largest absolute Gasteiger partial charge is 0.444 e. The Morgan fingerprint density at radius 1 is 1.15 bits per heavy atom. The lowest BCUT2D eigenvalue weighted by Gasteiger charge is -2.40. The van der Waals surface area contributed by atoms with Gasteiger partial charge in [-0.25, -0.2) is 4.79 Å². The smallest absolute Gasteiger partial charge is 0.410 e. The van der Waals surface area contributed by atoms with Crippen molar-refractivity contribution < 1.29 is 14.3 Å². The van der Waals surface area contributed by atoms with Gasteiger partial charge in [0.25, 0.3) is 5.91 Å². The summed E-state index contributed by atoms with van der Waals surface area (Å²) < 4.78 is 5.41. The quantitative estimate of drug-likeness (QED) is 0.767. The Balaban J connectivity index is 0.00000163. The Kier molecular flexibility index (Phi) is 7.63. The van der Waals surface area contributed by atoms with Crippen molar-refractivity contribution in [1.29, 1.82) is 5.26 Å². The van der Waals surface area contributed by atoms with Gasteiger partial charge in [-0.1, -0.05) is 13.8 Å². The number of nitrogens with zero attached hydrogens (tertiary/aromatic N) is 3. The summed E-state index contributed by atoms with van der Waals surface area (Å²) in [5.74, 6) is -0.0878. The van der Waals surface area contributed by atoms with Crippen LogP contribution >= 0.6 is 0 Å². The predicted molar refractivity (Wildman–Crippen MR) is 101 cm³/mol. The van der Waals surface area contributed by atoms with Gasteiger partial charge in [0.2, 0.25) is 0 Å². The van der Waals surface area contributed by atoms with Crippen molar-refractivity contribution in [2.24, 2.45) is 0 Å². The SMILES string of the molecule is CC.CC1CN(C(=O)c2ccc(C#N)cc2)CCN1C(=O)OC(C)(C)C. The number of hydrogen-bond donors (Lipinski definition) is 0. The molecule has 1 heterocycles. The minimum atomic E-state index is -0.535. The minimum absolute atomic E-state index is 0.0878. The molecule has 26 heavy (non-hydrogen) atoms. The van der Waals surface area contributed by atoms with Gasteiger partial charge >= 0.3 is 6.09 Å². The number of carbonyl (C=O) groups excluding carboxylic acids is 2. The van der Waals surface area contributed by atoms with Crippen molar-refractivity contribution in [2.45, 2.75) is 53.2 Å². The van der Waals surface area contributed by atoms with Crippen LogP contribution in [0.2, 0.25) is 0 Å². The van der Waals surface area contributed by atoms with E-state index in [9.17, 15) is 9.59 Å². The molecule has 1 aromatic rings. The van der Waals surface area contributed by atoms with E-state index >= 15 is 0 Å². The molecule has 0 radical (unpaired) electrons. The van der Waals surface area contributed by atoms with Crippen molar-refractivity contribution in [3.63, 3.8) is 0 Å². The second-order valence-corrected chi connectivity index (χ2v) is 6.96. The summed E-state index contributed by atoms with van der Waals surface area (Å²) in [6.07, 6.45) is -0.347. The summed E-state index contributed by atoms with van der Waals surface area (Å²) in [7, 11) is 0. The molecule has 1 aromatic carbocycles. The van der Waals surface area contributed by atoms with Crippen LogP contribution in [-0.4, -0.2) is 53.1 Å². The van der Waals surface area contributed by atoms with E-state index < -0.39 is 5.60 Å². The fourth-order valence-electron chi connectivity index (χ4n) is 2.60. The first-order valence-corrected chi connectivity index (χ1v) is 9.00. The zero-order valence-electron chi connectivity index (χ0n) is 16.6. The first-order valence-electron chi connectivity index (χ1n) is 9.00. The molecule has 0 spiro atoms. The number of carbonyl (C=O) groups is 2. The maximum absolute atomic E-state index is 12.6. The van der Waals surface area contributed by atoms with E-state index in [2.05, 4.69) is 0 Å². The highest BCUT2D eigenvalue weighted by atomic mass is 16.6. The average Bonchev–Trinajstić information content (AvgIpc) is 2.61. The van der Waals surface area contributed by atoms with Crippen LogP contribution in [0.15, 0.2) is 24.3 Å². The van der Waals surface area contributed by atoms with Gasteiger partial charge in [0, 0.05) is 31.2 Å². The van der Waals surface area contributed by atoms with Crippen LogP contribution in [0.4, 0.5) is 4.79 Å². The van der Waals surface area contributed by atoms with Crippen molar-refractivity contribution in [3.8, 4) is 6.07 Å². The molecule has 6 nitrogen and oxygen atoms in total. The highest BCUT2D eigenvalue weighted by Crippen LogP contribution is 2.17. The average molecular weight is 359 g/mol. The third-order valence-electron chi connectivity index (χ3n) is 3.80. The fraction of sp³-hybridized carbons (Fsp3) is 0.550. The summed E-state index contributed by atoms with van der Waals surface area (Å²) in [4.78, 5) is 28.2. The van der Waals surface area contributed by atoms with E-state index in [1.54, 1.807) is 34.1 Å². The summed E-state index contributed by atoms with van der Waals surface area (Å²) in [5.41, 5.74) is 0.535. The highest BCUT2D eigenvalue weighted by molar-refractivity contribution is 5.94. The molecule has 1 unspecified atom stereocenters. The second kappa shape index (κ2) is 9.23. The van der Waals surface area contributed by atoms with Gasteiger partial charge in [-0.05, 0) is 52.0 Å². The molecule has 1 saturated heterocycles. The Hall–Kier alpha value is -2.55. The van der Waals surface area contributed by atoms with Gasteiger partial charge in [-0.15, -0.1) is 0 Å². The molecule has 0 aromatic heterocycles. The normalized spacial score (nSPS) is 16.9. The van der Waals surface area contributed by atoms with Gasteiger partial charge in [0.1, 0.15) is 5.60 Å². The molecule has 6 heteroatoms. The molecule has 1 fully saturated rings. The lowest BCUT2D eigenvalue weighted by atomic mass is 10.1. The third-order valence-corrected chi connectivity index (χ3v) is 3.80. The van der Waals surface area contributed by atoms with Crippen LogP contribution in [0.5, 0.6) is 0 Å². The minimum Gasteiger partial charge on any atom is -0.444 e. The van der Waals surface area contributed by atoms with E-state index in [1.807, 2.05) is 47.6 Å². The van der Waals surface area contributed by atoms with Crippen molar-refractivity contribution in [3.05, 3.63) is 35.4 Å². The van der Waals surface area contributed by atoms with Crippen molar-refractivity contribution in [2.75, 3.05) is 19.6 Å². The first kappa shape index (κ1) is 21.5. The maximum atomic E-state index is 12.6. The van der Waals surface area contributed by atoms with Crippen LogP contribution in [0.3, 0.4) is 0 Å². The molecule has 0 bridgehead atoms. The van der Waals surface area contributed by atoms with Crippen LogP contribution in [0.25, 0.3) is 0 Å². The van der Waals surface area contributed by atoms with E-state index in [0.29, 0.717) is 30.8 Å². The van der Waals surface area contributed by atoms with E-state index in [0.717, 1.165) is 0 Å². The zero-order valence-corrected chi connectivity index (χ0v) is 16.6.